The Morgan fingerprint density at radius 2 is 2.30 bits per heavy atom. The highest BCUT2D eigenvalue weighted by Gasteiger charge is 2.69. The molecule has 3 rings (SSSR count). The Hall–Kier alpha value is -0.610. The normalized spacial score (nSPS) is 27.9. The van der Waals surface area contributed by atoms with Gasteiger partial charge in [-0.05, 0) is 24.1 Å². The summed E-state index contributed by atoms with van der Waals surface area (Å²) < 4.78 is 0.844. The lowest BCUT2D eigenvalue weighted by Crippen LogP contribution is -2.68. The fraction of sp³-hybridized carbons (Fsp3) is 0.429. The zero-order valence-corrected chi connectivity index (χ0v) is 15.7. The minimum absolute atomic E-state index is 0.0382. The second kappa shape index (κ2) is 6.36. The first-order chi connectivity index (χ1) is 10.9. The molecule has 23 heavy (non-hydrogen) atoms. The van der Waals surface area contributed by atoms with Gasteiger partial charge in [-0.1, -0.05) is 36.5 Å². The number of thiophene rings is 1. The molecule has 3 atom stereocenters. The van der Waals surface area contributed by atoms with Crippen molar-refractivity contribution in [2.24, 2.45) is 5.92 Å². The lowest BCUT2D eigenvalue weighted by atomic mass is 9.91. The van der Waals surface area contributed by atoms with Gasteiger partial charge in [-0.2, -0.15) is 0 Å². The van der Waals surface area contributed by atoms with Gasteiger partial charge in [-0.15, -0.1) is 23.1 Å². The predicted octanol–water partition coefficient (Wildman–Crippen LogP) is 3.09. The summed E-state index contributed by atoms with van der Waals surface area (Å²) in [4.78, 5) is 25.6. The van der Waals surface area contributed by atoms with E-state index in [4.69, 9.17) is 0 Å². The van der Waals surface area contributed by atoms with Crippen LogP contribution in [0.1, 0.15) is 13.8 Å². The quantitative estimate of drug-likeness (QED) is 0.724. The highest BCUT2D eigenvalue weighted by atomic mass is 32.2. The summed E-state index contributed by atoms with van der Waals surface area (Å²) in [5, 5.41) is 21.5. The summed E-state index contributed by atoms with van der Waals surface area (Å²) in [5.41, 5.74) is 0.0382. The third kappa shape index (κ3) is 2.62. The highest BCUT2D eigenvalue weighted by molar-refractivity contribution is 8.29. The maximum Gasteiger partial charge on any atom is 0.354 e. The first-order valence-corrected chi connectivity index (χ1v) is 10.5. The van der Waals surface area contributed by atoms with Crippen molar-refractivity contribution in [3.8, 4) is 0 Å². The smallest absolute Gasteiger partial charge is 0.354 e. The van der Waals surface area contributed by atoms with E-state index < -0.39 is 22.2 Å². The molecule has 1 fully saturated rings. The van der Waals surface area contributed by atoms with E-state index in [0.29, 0.717) is 4.24 Å². The van der Waals surface area contributed by atoms with Crippen molar-refractivity contribution in [3.63, 3.8) is 0 Å². The molecule has 0 aromatic carbocycles. The molecule has 1 aromatic heterocycles. The number of thioether (sulfide) groups is 3. The van der Waals surface area contributed by atoms with Crippen LogP contribution >= 0.6 is 46.6 Å². The molecule has 3 heterocycles. The highest BCUT2D eigenvalue weighted by Crippen LogP contribution is 2.66. The van der Waals surface area contributed by atoms with Crippen LogP contribution in [-0.4, -0.2) is 43.0 Å². The SMILES string of the molecule is CCS[C@]12SC(Sc3cccs3)=C(C(=O)O)N1C(=O)[C@@H]2C(C)O. The number of amides is 1. The van der Waals surface area contributed by atoms with E-state index in [1.165, 1.54) is 51.5 Å². The molecule has 124 valence electrons. The summed E-state index contributed by atoms with van der Waals surface area (Å²) in [6, 6.07) is 3.83. The molecule has 1 saturated heterocycles. The van der Waals surface area contributed by atoms with E-state index in [1.807, 2.05) is 24.4 Å². The molecule has 1 unspecified atom stereocenters. The van der Waals surface area contributed by atoms with E-state index in [9.17, 15) is 19.8 Å². The number of carbonyl (C=O) groups excluding carboxylic acids is 1. The third-order valence-corrected chi connectivity index (χ3v) is 8.84. The summed E-state index contributed by atoms with van der Waals surface area (Å²) in [7, 11) is 0. The van der Waals surface area contributed by atoms with Crippen LogP contribution in [0.3, 0.4) is 0 Å². The van der Waals surface area contributed by atoms with Crippen molar-refractivity contribution in [2.45, 2.75) is 28.4 Å². The molecule has 0 aliphatic carbocycles. The zero-order valence-electron chi connectivity index (χ0n) is 12.4. The van der Waals surface area contributed by atoms with Crippen LogP contribution in [-0.2, 0) is 9.59 Å². The average Bonchev–Trinajstić information content (AvgIpc) is 3.04. The van der Waals surface area contributed by atoms with Crippen LogP contribution in [0.2, 0.25) is 0 Å². The Balaban J connectivity index is 2.00. The molecule has 1 amide bonds. The number of nitrogens with zero attached hydrogens (tertiary/aromatic N) is 1. The Kier molecular flexibility index (Phi) is 4.76. The van der Waals surface area contributed by atoms with Crippen molar-refractivity contribution in [1.29, 1.82) is 0 Å². The third-order valence-electron chi connectivity index (χ3n) is 3.57. The summed E-state index contributed by atoms with van der Waals surface area (Å²) >= 11 is 5.79. The van der Waals surface area contributed by atoms with Crippen LogP contribution in [0.4, 0.5) is 0 Å². The van der Waals surface area contributed by atoms with Crippen LogP contribution in [0.15, 0.2) is 31.7 Å². The Bertz CT molecular complexity index is 672. The largest absolute Gasteiger partial charge is 0.477 e. The molecule has 2 aliphatic rings. The number of aliphatic hydroxyl groups excluding tert-OH is 1. The van der Waals surface area contributed by atoms with E-state index in [2.05, 4.69) is 0 Å². The molecular formula is C14H15NO4S4. The molecule has 0 spiro atoms. The van der Waals surface area contributed by atoms with Gasteiger partial charge in [0.1, 0.15) is 5.92 Å². The van der Waals surface area contributed by atoms with Gasteiger partial charge in [0.25, 0.3) is 0 Å². The van der Waals surface area contributed by atoms with Crippen molar-refractivity contribution in [1.82, 2.24) is 4.90 Å². The molecule has 2 N–H and O–H groups in total. The summed E-state index contributed by atoms with van der Waals surface area (Å²) in [5.74, 6) is -1.28. The lowest BCUT2D eigenvalue weighted by Gasteiger charge is -2.53. The number of carboxylic acid groups (broad SMARTS) is 1. The molecular weight excluding hydrogens is 374 g/mol. The van der Waals surface area contributed by atoms with Gasteiger partial charge in [-0.25, -0.2) is 4.79 Å². The van der Waals surface area contributed by atoms with Gasteiger partial charge >= 0.3 is 5.97 Å². The van der Waals surface area contributed by atoms with E-state index in [-0.39, 0.29) is 11.6 Å². The van der Waals surface area contributed by atoms with Gasteiger partial charge in [0.2, 0.25) is 5.91 Å². The van der Waals surface area contributed by atoms with Crippen molar-refractivity contribution in [2.75, 3.05) is 5.75 Å². The number of rotatable bonds is 6. The standard InChI is InChI=1S/C14H15NO4S4/c1-3-21-14-9(7(2)16)11(17)15(14)10(12(18)19)13(23-14)22-8-5-4-6-20-8/h4-7,9,16H,3H2,1-2H3,(H,18,19)/t7?,9-,14+/m0/s1. The molecule has 0 saturated carbocycles. The fourth-order valence-electron chi connectivity index (χ4n) is 2.74. The number of aliphatic hydroxyl groups is 1. The van der Waals surface area contributed by atoms with E-state index in [1.54, 1.807) is 6.92 Å². The van der Waals surface area contributed by atoms with Crippen LogP contribution in [0.5, 0.6) is 0 Å². The number of hydrogen-bond acceptors (Lipinski definition) is 7. The Morgan fingerprint density at radius 3 is 2.83 bits per heavy atom. The number of hydrogen-bond donors (Lipinski definition) is 2. The second-order valence-electron chi connectivity index (χ2n) is 5.03. The van der Waals surface area contributed by atoms with Crippen molar-refractivity contribution < 1.29 is 19.8 Å². The van der Waals surface area contributed by atoms with Gasteiger partial charge in [0, 0.05) is 0 Å². The number of carboxylic acids is 1. The number of aliphatic carboxylic acids is 1. The molecule has 1 aromatic rings. The Morgan fingerprint density at radius 1 is 1.57 bits per heavy atom. The summed E-state index contributed by atoms with van der Waals surface area (Å²) in [6.45, 7) is 3.55. The van der Waals surface area contributed by atoms with E-state index >= 15 is 0 Å². The molecule has 9 heteroatoms. The van der Waals surface area contributed by atoms with Crippen molar-refractivity contribution in [3.05, 3.63) is 27.4 Å². The van der Waals surface area contributed by atoms with Crippen LogP contribution in [0.25, 0.3) is 0 Å². The van der Waals surface area contributed by atoms with Crippen molar-refractivity contribution >= 4 is 58.5 Å². The minimum Gasteiger partial charge on any atom is -0.477 e. The van der Waals surface area contributed by atoms with Gasteiger partial charge in [-0.3, -0.25) is 9.69 Å². The predicted molar refractivity (Wildman–Crippen MR) is 95.3 cm³/mol. The molecule has 0 bridgehead atoms. The average molecular weight is 390 g/mol. The van der Waals surface area contributed by atoms with Crippen LogP contribution in [0, 0.1) is 5.92 Å². The van der Waals surface area contributed by atoms with Crippen LogP contribution < -0.4 is 0 Å². The topological polar surface area (TPSA) is 77.8 Å². The first kappa shape index (κ1) is 17.2. The van der Waals surface area contributed by atoms with Gasteiger partial charge in [0.05, 0.1) is 14.6 Å². The maximum atomic E-state index is 12.5. The molecule has 5 nitrogen and oxygen atoms in total. The number of fused-ring (bicyclic) bond motifs is 1. The lowest BCUT2D eigenvalue weighted by molar-refractivity contribution is -0.159. The summed E-state index contributed by atoms with van der Waals surface area (Å²) in [6.07, 6.45) is -0.813. The molecule has 2 aliphatic heterocycles. The zero-order chi connectivity index (χ0) is 16.8. The second-order valence-corrected chi connectivity index (χ2v) is 10.5. The fourth-order valence-corrected chi connectivity index (χ4v) is 8.81. The van der Waals surface area contributed by atoms with Gasteiger partial charge in [0.15, 0.2) is 9.90 Å². The Labute approximate surface area is 150 Å². The number of carbonyl (C=O) groups is 2. The minimum atomic E-state index is -1.10. The number of β-lactam (4-membered cyclic amide) rings is 1. The first-order valence-electron chi connectivity index (χ1n) is 6.96. The maximum absolute atomic E-state index is 12.5. The van der Waals surface area contributed by atoms with E-state index in [0.717, 1.165) is 9.96 Å². The monoisotopic (exact) mass is 389 g/mol. The molecule has 0 radical (unpaired) electrons. The van der Waals surface area contributed by atoms with Gasteiger partial charge < -0.3 is 10.2 Å².